The van der Waals surface area contributed by atoms with Gasteiger partial charge in [0.15, 0.2) is 5.69 Å². The molecule has 17 heavy (non-hydrogen) atoms. The molecule has 0 aliphatic carbocycles. The molecule has 1 aromatic rings. The van der Waals surface area contributed by atoms with Gasteiger partial charge in [-0.3, -0.25) is 4.98 Å². The molecule has 0 saturated carbocycles. The van der Waals surface area contributed by atoms with Crippen LogP contribution in [0.3, 0.4) is 0 Å². The third kappa shape index (κ3) is 2.60. The lowest BCUT2D eigenvalue weighted by atomic mass is 10.2. The predicted octanol–water partition coefficient (Wildman–Crippen LogP) is 0.512. The maximum atomic E-state index is 10.7. The van der Waals surface area contributed by atoms with Crippen molar-refractivity contribution in [1.82, 2.24) is 14.9 Å². The van der Waals surface area contributed by atoms with E-state index < -0.39 is 6.09 Å². The molecular formula is C10H11N5O2. The first-order valence-corrected chi connectivity index (χ1v) is 5.15. The van der Waals surface area contributed by atoms with Crippen molar-refractivity contribution in [2.75, 3.05) is 18.4 Å². The molecule has 1 aliphatic rings. The molecule has 1 aromatic heterocycles. The van der Waals surface area contributed by atoms with Gasteiger partial charge in [-0.1, -0.05) is 0 Å². The maximum absolute atomic E-state index is 10.7. The lowest BCUT2D eigenvalue weighted by Gasteiger charge is -2.13. The number of likely N-dealkylation sites (tertiary alicyclic amines) is 1. The van der Waals surface area contributed by atoms with E-state index in [1.165, 1.54) is 17.3 Å². The number of nitrogens with one attached hydrogen (secondary N) is 1. The van der Waals surface area contributed by atoms with Gasteiger partial charge < -0.3 is 15.3 Å². The Morgan fingerprint density at radius 2 is 2.47 bits per heavy atom. The van der Waals surface area contributed by atoms with Crippen LogP contribution in [-0.2, 0) is 0 Å². The number of hydrogen-bond donors (Lipinski definition) is 2. The standard InChI is InChI=1S/C10H11N5O2/c11-3-8-4-12-5-9(14-8)13-7-1-2-15(6-7)10(16)17/h4-5,7H,1-2,6H2,(H,13,14)(H,16,17). The Kier molecular flexibility index (Phi) is 3.05. The number of anilines is 1. The quantitative estimate of drug-likeness (QED) is 0.771. The lowest BCUT2D eigenvalue weighted by molar-refractivity contribution is 0.155. The molecule has 1 aliphatic heterocycles. The molecule has 1 fully saturated rings. The summed E-state index contributed by atoms with van der Waals surface area (Å²) in [6.45, 7) is 0.937. The van der Waals surface area contributed by atoms with E-state index in [1.54, 1.807) is 0 Å². The first kappa shape index (κ1) is 11.1. The number of rotatable bonds is 2. The average molecular weight is 233 g/mol. The van der Waals surface area contributed by atoms with Crippen LogP contribution in [0.15, 0.2) is 12.4 Å². The summed E-state index contributed by atoms with van der Waals surface area (Å²) >= 11 is 0. The van der Waals surface area contributed by atoms with Crippen LogP contribution in [0.5, 0.6) is 0 Å². The average Bonchev–Trinajstić information content (AvgIpc) is 2.78. The van der Waals surface area contributed by atoms with E-state index in [9.17, 15) is 4.79 Å². The van der Waals surface area contributed by atoms with Gasteiger partial charge in [0, 0.05) is 19.1 Å². The molecule has 1 amide bonds. The van der Waals surface area contributed by atoms with Crippen LogP contribution >= 0.6 is 0 Å². The Morgan fingerprint density at radius 3 is 3.12 bits per heavy atom. The fraction of sp³-hybridized carbons (Fsp3) is 0.400. The highest BCUT2D eigenvalue weighted by molar-refractivity contribution is 5.65. The first-order chi connectivity index (χ1) is 8.19. The number of amides is 1. The first-order valence-electron chi connectivity index (χ1n) is 5.15. The molecular weight excluding hydrogens is 222 g/mol. The molecule has 7 nitrogen and oxygen atoms in total. The minimum Gasteiger partial charge on any atom is -0.465 e. The fourth-order valence-electron chi connectivity index (χ4n) is 1.75. The van der Waals surface area contributed by atoms with Crippen molar-refractivity contribution < 1.29 is 9.90 Å². The second-order valence-electron chi connectivity index (χ2n) is 3.76. The lowest BCUT2D eigenvalue weighted by Crippen LogP contribution is -2.30. The van der Waals surface area contributed by atoms with Gasteiger partial charge in [0.2, 0.25) is 0 Å². The van der Waals surface area contributed by atoms with Gasteiger partial charge in [-0.2, -0.15) is 5.26 Å². The Morgan fingerprint density at radius 1 is 1.65 bits per heavy atom. The van der Waals surface area contributed by atoms with E-state index in [-0.39, 0.29) is 11.7 Å². The minimum absolute atomic E-state index is 0.0225. The summed E-state index contributed by atoms with van der Waals surface area (Å²) in [4.78, 5) is 20.0. The Labute approximate surface area is 97.7 Å². The zero-order valence-electron chi connectivity index (χ0n) is 9.00. The second kappa shape index (κ2) is 4.65. The van der Waals surface area contributed by atoms with Crippen molar-refractivity contribution in [3.8, 4) is 6.07 Å². The van der Waals surface area contributed by atoms with Crippen molar-refractivity contribution in [1.29, 1.82) is 5.26 Å². The molecule has 2 rings (SSSR count). The number of hydrogen-bond acceptors (Lipinski definition) is 5. The Balaban J connectivity index is 1.98. The molecule has 0 bridgehead atoms. The number of carboxylic acid groups (broad SMARTS) is 1. The monoisotopic (exact) mass is 233 g/mol. The van der Waals surface area contributed by atoms with Gasteiger partial charge in [-0.15, -0.1) is 0 Å². The Bertz CT molecular complexity index is 470. The van der Waals surface area contributed by atoms with Crippen molar-refractivity contribution in [3.63, 3.8) is 0 Å². The highest BCUT2D eigenvalue weighted by Crippen LogP contribution is 2.13. The normalized spacial score (nSPS) is 18.8. The number of nitrogens with zero attached hydrogens (tertiary/aromatic N) is 4. The van der Waals surface area contributed by atoms with E-state index in [0.29, 0.717) is 18.9 Å². The van der Waals surface area contributed by atoms with Gasteiger partial charge in [0.1, 0.15) is 11.9 Å². The molecule has 1 atom stereocenters. The zero-order chi connectivity index (χ0) is 12.3. The van der Waals surface area contributed by atoms with Crippen LogP contribution in [0.25, 0.3) is 0 Å². The molecule has 1 unspecified atom stereocenters. The van der Waals surface area contributed by atoms with Crippen molar-refractivity contribution in [3.05, 3.63) is 18.1 Å². The fourth-order valence-corrected chi connectivity index (χ4v) is 1.75. The van der Waals surface area contributed by atoms with E-state index in [0.717, 1.165) is 6.42 Å². The minimum atomic E-state index is -0.911. The highest BCUT2D eigenvalue weighted by atomic mass is 16.4. The van der Waals surface area contributed by atoms with Gasteiger partial charge in [0.25, 0.3) is 0 Å². The zero-order valence-corrected chi connectivity index (χ0v) is 9.00. The summed E-state index contributed by atoms with van der Waals surface area (Å²) in [5.41, 5.74) is 0.239. The summed E-state index contributed by atoms with van der Waals surface area (Å²) in [6.07, 6.45) is 2.71. The number of aromatic nitrogens is 2. The summed E-state index contributed by atoms with van der Waals surface area (Å²) in [5.74, 6) is 0.501. The number of nitriles is 1. The molecule has 0 radical (unpaired) electrons. The summed E-state index contributed by atoms with van der Waals surface area (Å²) in [6, 6.07) is 1.92. The van der Waals surface area contributed by atoms with Gasteiger partial charge in [-0.25, -0.2) is 9.78 Å². The molecule has 2 N–H and O–H groups in total. The molecule has 2 heterocycles. The molecule has 7 heteroatoms. The van der Waals surface area contributed by atoms with Crippen LogP contribution in [0, 0.1) is 11.3 Å². The SMILES string of the molecule is N#Cc1cncc(NC2CCN(C(=O)O)C2)n1. The van der Waals surface area contributed by atoms with Crippen LogP contribution in [-0.4, -0.2) is 45.2 Å². The molecule has 1 saturated heterocycles. The van der Waals surface area contributed by atoms with Gasteiger partial charge >= 0.3 is 6.09 Å². The van der Waals surface area contributed by atoms with Crippen LogP contribution in [0.2, 0.25) is 0 Å². The smallest absolute Gasteiger partial charge is 0.407 e. The van der Waals surface area contributed by atoms with E-state index in [4.69, 9.17) is 10.4 Å². The topological polar surface area (TPSA) is 102 Å². The second-order valence-corrected chi connectivity index (χ2v) is 3.76. The van der Waals surface area contributed by atoms with Crippen LogP contribution in [0.1, 0.15) is 12.1 Å². The summed E-state index contributed by atoms with van der Waals surface area (Å²) in [5, 5.41) is 20.5. The number of carbonyl (C=O) groups is 1. The molecule has 0 spiro atoms. The van der Waals surface area contributed by atoms with E-state index >= 15 is 0 Å². The third-order valence-electron chi connectivity index (χ3n) is 2.56. The van der Waals surface area contributed by atoms with E-state index in [2.05, 4.69) is 15.3 Å². The highest BCUT2D eigenvalue weighted by Gasteiger charge is 2.25. The Hall–Kier alpha value is -2.36. The van der Waals surface area contributed by atoms with Gasteiger partial charge in [0.05, 0.1) is 12.4 Å². The predicted molar refractivity (Wildman–Crippen MR) is 58.4 cm³/mol. The largest absolute Gasteiger partial charge is 0.465 e. The van der Waals surface area contributed by atoms with Crippen LogP contribution in [0.4, 0.5) is 10.6 Å². The van der Waals surface area contributed by atoms with Crippen LogP contribution < -0.4 is 5.32 Å². The molecule has 0 aromatic carbocycles. The van der Waals surface area contributed by atoms with Crippen molar-refractivity contribution >= 4 is 11.9 Å². The van der Waals surface area contributed by atoms with E-state index in [1.807, 2.05) is 6.07 Å². The maximum Gasteiger partial charge on any atom is 0.407 e. The summed E-state index contributed by atoms with van der Waals surface area (Å²) < 4.78 is 0. The summed E-state index contributed by atoms with van der Waals surface area (Å²) in [7, 11) is 0. The third-order valence-corrected chi connectivity index (χ3v) is 2.56. The molecule has 88 valence electrons. The van der Waals surface area contributed by atoms with Crippen molar-refractivity contribution in [2.45, 2.75) is 12.5 Å². The van der Waals surface area contributed by atoms with Crippen molar-refractivity contribution in [2.24, 2.45) is 0 Å². The van der Waals surface area contributed by atoms with Gasteiger partial charge in [-0.05, 0) is 6.42 Å².